The van der Waals surface area contributed by atoms with Gasteiger partial charge < -0.3 is 20.4 Å². The molecule has 0 amide bonds. The van der Waals surface area contributed by atoms with Gasteiger partial charge in [-0.3, -0.25) is 4.79 Å². The minimum atomic E-state index is -0.250. The largest absolute Gasteiger partial charge is 0.495 e. The normalized spacial score (nSPS) is 10.4. The van der Waals surface area contributed by atoms with Crippen LogP contribution in [-0.2, 0) is 22.6 Å². The molecule has 0 unspecified atom stereocenters. The number of nitrogens with two attached hydrogens (primary N) is 1. The summed E-state index contributed by atoms with van der Waals surface area (Å²) in [4.78, 5) is 8.36. The number of halogens is 1. The molecule has 0 fully saturated rings. The zero-order chi connectivity index (χ0) is 18.7. The molecule has 6 nitrogen and oxygen atoms in total. The van der Waals surface area contributed by atoms with Gasteiger partial charge in [0, 0.05) is 5.56 Å². The van der Waals surface area contributed by atoms with Gasteiger partial charge in [-0.2, -0.15) is 0 Å². The Bertz CT molecular complexity index is 720. The number of carboxylic acid groups (broad SMARTS) is 1. The van der Waals surface area contributed by atoms with Crippen LogP contribution in [0.1, 0.15) is 23.6 Å². The highest BCUT2D eigenvalue weighted by molar-refractivity contribution is 6.32. The van der Waals surface area contributed by atoms with Gasteiger partial charge in [0.1, 0.15) is 12.4 Å². The molecule has 0 aliphatic rings. The third-order valence-electron chi connectivity index (χ3n) is 3.29. The Labute approximate surface area is 151 Å². The molecule has 0 aliphatic heterocycles. The van der Waals surface area contributed by atoms with Crippen molar-refractivity contribution in [2.24, 2.45) is 10.9 Å². The second kappa shape index (κ2) is 10.9. The Morgan fingerprint density at radius 3 is 2.56 bits per heavy atom. The van der Waals surface area contributed by atoms with E-state index >= 15 is 0 Å². The molecule has 0 saturated heterocycles. The molecule has 134 valence electrons. The van der Waals surface area contributed by atoms with Gasteiger partial charge in [0.2, 0.25) is 5.90 Å². The fourth-order valence-corrected chi connectivity index (χ4v) is 2.35. The number of hydrazone groups is 1. The lowest BCUT2D eigenvalue weighted by Gasteiger charge is -2.11. The fraction of sp³-hybridized carbons (Fsp3) is 0.222. The van der Waals surface area contributed by atoms with E-state index in [4.69, 9.17) is 36.8 Å². The number of aryl methyl sites for hydroxylation is 1. The molecule has 2 aromatic carbocycles. The van der Waals surface area contributed by atoms with Crippen LogP contribution >= 0.6 is 11.6 Å². The Hall–Kier alpha value is -2.73. The number of carbonyl (C=O) groups is 1. The maximum absolute atomic E-state index is 8.36. The molecule has 3 N–H and O–H groups in total. The smallest absolute Gasteiger partial charge is 0.290 e. The summed E-state index contributed by atoms with van der Waals surface area (Å²) in [5.41, 5.74) is 2.98. The van der Waals surface area contributed by atoms with Gasteiger partial charge in [0.05, 0.1) is 12.1 Å². The maximum Gasteiger partial charge on any atom is 0.290 e. The van der Waals surface area contributed by atoms with Crippen molar-refractivity contribution < 1.29 is 19.4 Å². The van der Waals surface area contributed by atoms with Crippen LogP contribution in [-0.4, -0.2) is 24.6 Å². The lowest BCUT2D eigenvalue weighted by molar-refractivity contribution is -0.122. The Morgan fingerprint density at radius 1 is 1.28 bits per heavy atom. The summed E-state index contributed by atoms with van der Waals surface area (Å²) in [6.07, 6.45) is 0.944. The molecular formula is C18H21ClN2O4. The van der Waals surface area contributed by atoms with Crippen molar-refractivity contribution in [2.45, 2.75) is 20.0 Å². The first kappa shape index (κ1) is 20.3. The molecule has 7 heteroatoms. The first-order chi connectivity index (χ1) is 12.1. The molecule has 0 spiro atoms. The van der Waals surface area contributed by atoms with Crippen LogP contribution in [0.25, 0.3) is 0 Å². The maximum atomic E-state index is 8.36. The monoisotopic (exact) mass is 364 g/mol. The minimum absolute atomic E-state index is 0.250. The molecular weight excluding hydrogens is 344 g/mol. The van der Waals surface area contributed by atoms with E-state index in [9.17, 15) is 0 Å². The predicted octanol–water partition coefficient (Wildman–Crippen LogP) is 3.45. The number of hydrogen-bond donors (Lipinski definition) is 2. The summed E-state index contributed by atoms with van der Waals surface area (Å²) in [5.74, 6) is 6.49. The van der Waals surface area contributed by atoms with E-state index in [0.29, 0.717) is 23.3 Å². The predicted molar refractivity (Wildman–Crippen MR) is 98.0 cm³/mol. The molecule has 2 aromatic rings. The van der Waals surface area contributed by atoms with Gasteiger partial charge in [0.15, 0.2) is 0 Å². The summed E-state index contributed by atoms with van der Waals surface area (Å²) in [7, 11) is 1.58. The van der Waals surface area contributed by atoms with Crippen LogP contribution in [0.15, 0.2) is 47.6 Å². The lowest BCUT2D eigenvalue weighted by atomic mass is 10.1. The molecule has 0 aliphatic carbocycles. The molecule has 0 heterocycles. The van der Waals surface area contributed by atoms with Crippen molar-refractivity contribution in [2.75, 3.05) is 7.11 Å². The van der Waals surface area contributed by atoms with E-state index in [0.717, 1.165) is 17.5 Å². The van der Waals surface area contributed by atoms with Crippen LogP contribution < -0.4 is 10.6 Å². The molecule has 2 rings (SSSR count). The highest BCUT2D eigenvalue weighted by Gasteiger charge is 2.07. The van der Waals surface area contributed by atoms with Crippen molar-refractivity contribution in [1.29, 1.82) is 0 Å². The van der Waals surface area contributed by atoms with E-state index in [2.05, 4.69) is 18.1 Å². The first-order valence-electron chi connectivity index (χ1n) is 7.49. The van der Waals surface area contributed by atoms with E-state index in [1.807, 2.05) is 24.3 Å². The number of rotatable bonds is 5. The quantitative estimate of drug-likeness (QED) is 0.278. The van der Waals surface area contributed by atoms with Crippen LogP contribution in [0, 0.1) is 0 Å². The van der Waals surface area contributed by atoms with Crippen LogP contribution in [0.2, 0.25) is 5.02 Å². The Balaban J connectivity index is 0.000000970. The van der Waals surface area contributed by atoms with Crippen molar-refractivity contribution >= 4 is 24.0 Å². The van der Waals surface area contributed by atoms with E-state index < -0.39 is 0 Å². The summed E-state index contributed by atoms with van der Waals surface area (Å²) in [5, 5.41) is 11.2. The highest BCUT2D eigenvalue weighted by Crippen LogP contribution is 2.25. The van der Waals surface area contributed by atoms with Gasteiger partial charge in [-0.15, -0.1) is 5.10 Å². The highest BCUT2D eigenvalue weighted by atomic mass is 35.5. The van der Waals surface area contributed by atoms with E-state index in [-0.39, 0.29) is 6.47 Å². The molecule has 0 aromatic heterocycles. The van der Waals surface area contributed by atoms with Crippen molar-refractivity contribution in [3.63, 3.8) is 0 Å². The standard InChI is InChI=1S/C17H19ClN2O2.CH2O2/c1-3-12-5-4-6-14(9-12)17(20-19)22-11-13-7-8-16(21-2)15(18)10-13;2-1-3/h4-10H,3,11,19H2,1-2H3;1H,(H,2,3)/b20-17-;. The second-order valence-electron chi connectivity index (χ2n) is 4.85. The topological polar surface area (TPSA) is 94.1 Å². The van der Waals surface area contributed by atoms with Crippen molar-refractivity contribution in [3.8, 4) is 5.75 Å². The summed E-state index contributed by atoms with van der Waals surface area (Å²) >= 11 is 6.10. The van der Waals surface area contributed by atoms with Crippen molar-refractivity contribution in [3.05, 3.63) is 64.2 Å². The van der Waals surface area contributed by atoms with Crippen LogP contribution in [0.4, 0.5) is 0 Å². The number of methoxy groups -OCH3 is 1. The number of ether oxygens (including phenoxy) is 2. The fourth-order valence-electron chi connectivity index (χ4n) is 2.07. The van der Waals surface area contributed by atoms with Crippen LogP contribution in [0.3, 0.4) is 0 Å². The zero-order valence-corrected chi connectivity index (χ0v) is 14.9. The Kier molecular flexibility index (Phi) is 8.89. The zero-order valence-electron chi connectivity index (χ0n) is 14.1. The van der Waals surface area contributed by atoms with Gasteiger partial charge in [-0.1, -0.05) is 36.7 Å². The summed E-state index contributed by atoms with van der Waals surface area (Å²) in [6.45, 7) is 2.18. The lowest BCUT2D eigenvalue weighted by Crippen LogP contribution is -2.10. The molecule has 0 radical (unpaired) electrons. The molecule has 0 atom stereocenters. The SMILES string of the molecule is CCc1cccc(/C(=N/N)OCc2ccc(OC)c(Cl)c2)c1.O=CO. The Morgan fingerprint density at radius 2 is 2.00 bits per heavy atom. The second-order valence-corrected chi connectivity index (χ2v) is 5.26. The van der Waals surface area contributed by atoms with E-state index in [1.54, 1.807) is 19.2 Å². The van der Waals surface area contributed by atoms with Gasteiger partial charge in [0.25, 0.3) is 6.47 Å². The van der Waals surface area contributed by atoms with Gasteiger partial charge in [-0.05, 0) is 41.8 Å². The number of hydrogen-bond acceptors (Lipinski definition) is 5. The number of nitrogens with zero attached hydrogens (tertiary/aromatic N) is 1. The first-order valence-corrected chi connectivity index (χ1v) is 7.87. The molecule has 0 bridgehead atoms. The van der Waals surface area contributed by atoms with Crippen molar-refractivity contribution in [1.82, 2.24) is 0 Å². The summed E-state index contributed by atoms with van der Waals surface area (Å²) in [6, 6.07) is 13.5. The third-order valence-corrected chi connectivity index (χ3v) is 3.59. The molecule has 0 saturated carbocycles. The number of benzene rings is 2. The van der Waals surface area contributed by atoms with E-state index in [1.165, 1.54) is 5.56 Å². The average molecular weight is 365 g/mol. The third kappa shape index (κ3) is 6.35. The van der Waals surface area contributed by atoms with Crippen LogP contribution in [0.5, 0.6) is 5.75 Å². The van der Waals surface area contributed by atoms with Gasteiger partial charge >= 0.3 is 0 Å². The average Bonchev–Trinajstić information content (AvgIpc) is 2.63. The summed E-state index contributed by atoms with van der Waals surface area (Å²) < 4.78 is 10.8. The molecule has 25 heavy (non-hydrogen) atoms. The van der Waals surface area contributed by atoms with Gasteiger partial charge in [-0.25, -0.2) is 0 Å². The minimum Gasteiger partial charge on any atom is -0.495 e.